The Hall–Kier alpha value is -2.10. The molecule has 1 aliphatic heterocycles. The molecule has 1 heterocycles. The maximum absolute atomic E-state index is 11.8. The third kappa shape index (κ3) is 5.58. The van der Waals surface area contributed by atoms with E-state index in [0.29, 0.717) is 31.0 Å². The molecule has 3 rings (SSSR count). The Kier molecular flexibility index (Phi) is 7.61. The van der Waals surface area contributed by atoms with Gasteiger partial charge in [-0.15, -0.1) is 0 Å². The van der Waals surface area contributed by atoms with Crippen molar-refractivity contribution in [3.8, 4) is 0 Å². The molecule has 0 unspecified atom stereocenters. The van der Waals surface area contributed by atoms with Gasteiger partial charge in [-0.05, 0) is 93.6 Å². The fourth-order valence-corrected chi connectivity index (χ4v) is 5.87. The minimum absolute atomic E-state index is 0.171. The van der Waals surface area contributed by atoms with Crippen LogP contribution in [0.15, 0.2) is 46.6 Å². The van der Waals surface area contributed by atoms with Crippen molar-refractivity contribution in [2.45, 2.75) is 73.1 Å². The number of ether oxygens (including phenoxy) is 2. The Morgan fingerprint density at radius 2 is 2.00 bits per heavy atom. The normalized spacial score (nSPS) is 29.9. The van der Waals surface area contributed by atoms with E-state index in [1.165, 1.54) is 23.6 Å². The summed E-state index contributed by atoms with van der Waals surface area (Å²) in [6.07, 6.45) is 15.3. The van der Waals surface area contributed by atoms with Gasteiger partial charge in [0.15, 0.2) is 0 Å². The van der Waals surface area contributed by atoms with Gasteiger partial charge in [-0.2, -0.15) is 0 Å². The van der Waals surface area contributed by atoms with Crippen LogP contribution in [0.3, 0.4) is 0 Å². The van der Waals surface area contributed by atoms with E-state index < -0.39 is 0 Å². The molecular weight excluding hydrogens is 388 g/mol. The van der Waals surface area contributed by atoms with Gasteiger partial charge in [-0.1, -0.05) is 36.3 Å². The fourth-order valence-electron chi connectivity index (χ4n) is 5.87. The molecule has 4 nitrogen and oxygen atoms in total. The van der Waals surface area contributed by atoms with Crippen molar-refractivity contribution in [1.29, 1.82) is 0 Å². The maximum Gasteiger partial charge on any atom is 0.331 e. The van der Waals surface area contributed by atoms with Crippen molar-refractivity contribution in [2.75, 3.05) is 13.2 Å². The average molecular weight is 427 g/mol. The second kappa shape index (κ2) is 10.0. The first-order valence-corrected chi connectivity index (χ1v) is 11.7. The van der Waals surface area contributed by atoms with Crippen LogP contribution in [-0.4, -0.2) is 25.2 Å². The van der Waals surface area contributed by atoms with Crippen LogP contribution in [0, 0.1) is 23.2 Å². The summed E-state index contributed by atoms with van der Waals surface area (Å²) in [4.78, 5) is 23.0. The molecule has 0 aromatic heterocycles. The van der Waals surface area contributed by atoms with Gasteiger partial charge in [0.25, 0.3) is 0 Å². The Labute approximate surface area is 187 Å². The van der Waals surface area contributed by atoms with Crippen LogP contribution >= 0.6 is 0 Å². The van der Waals surface area contributed by atoms with Crippen molar-refractivity contribution >= 4 is 11.9 Å². The fraction of sp³-hybridized carbons (Fsp3) is 0.630. The van der Waals surface area contributed by atoms with Gasteiger partial charge >= 0.3 is 11.9 Å². The van der Waals surface area contributed by atoms with Gasteiger partial charge in [0.1, 0.15) is 13.2 Å². The number of allylic oxidation sites excluding steroid dienone is 5. The first-order valence-electron chi connectivity index (χ1n) is 11.7. The molecule has 0 aromatic rings. The van der Waals surface area contributed by atoms with Crippen molar-refractivity contribution in [3.63, 3.8) is 0 Å². The van der Waals surface area contributed by atoms with Crippen LogP contribution in [0.2, 0.25) is 0 Å². The number of fused-ring (bicyclic) bond motifs is 1. The predicted octanol–water partition coefficient (Wildman–Crippen LogP) is 6.09. The summed E-state index contributed by atoms with van der Waals surface area (Å²) in [6, 6.07) is 0. The third-order valence-corrected chi connectivity index (χ3v) is 7.42. The molecule has 0 N–H and O–H groups in total. The smallest absolute Gasteiger partial charge is 0.331 e. The molecule has 0 bridgehead atoms. The molecule has 0 spiro atoms. The van der Waals surface area contributed by atoms with E-state index in [1.54, 1.807) is 6.08 Å². The van der Waals surface area contributed by atoms with Gasteiger partial charge in [-0.25, -0.2) is 4.79 Å². The number of carbonyl (C=O) groups is 2. The van der Waals surface area contributed by atoms with E-state index in [0.717, 1.165) is 44.1 Å². The number of carbonyl (C=O) groups excluding carboxylic acids is 2. The summed E-state index contributed by atoms with van der Waals surface area (Å²) in [5.74, 6) is 0.899. The zero-order valence-corrected chi connectivity index (χ0v) is 19.8. The van der Waals surface area contributed by atoms with Crippen molar-refractivity contribution in [1.82, 2.24) is 0 Å². The van der Waals surface area contributed by atoms with E-state index in [-0.39, 0.29) is 17.4 Å². The number of cyclic esters (lactones) is 1. The molecule has 0 saturated heterocycles. The van der Waals surface area contributed by atoms with Gasteiger partial charge < -0.3 is 9.47 Å². The molecule has 0 aromatic carbocycles. The maximum atomic E-state index is 11.8. The molecule has 0 amide bonds. The topological polar surface area (TPSA) is 52.6 Å². The Balaban J connectivity index is 1.70. The lowest BCUT2D eigenvalue weighted by Crippen LogP contribution is -2.56. The molecule has 4 heteroatoms. The highest BCUT2D eigenvalue weighted by Crippen LogP contribution is 2.65. The standard InChI is InChI=1S/C27H38O4/c1-18(2)8-6-9-19(3)10-7-13-27(5)24-12-11-21(16-30-20(4)28)14-23(24)26(27)22-15-25(29)31-17-22/h8,10,14-15,23-24,26H,6-7,9,11-13,16-17H2,1-5H3/b19-10+/t23-,24+,26+,27-/m0/s1. The lowest BCUT2D eigenvalue weighted by atomic mass is 9.42. The molecular formula is C27H38O4. The second-order valence-corrected chi connectivity index (χ2v) is 10.0. The Bertz CT molecular complexity index is 824. The van der Waals surface area contributed by atoms with Crippen LogP contribution in [-0.2, 0) is 19.1 Å². The number of hydrogen-bond acceptors (Lipinski definition) is 4. The zero-order valence-electron chi connectivity index (χ0n) is 19.8. The third-order valence-electron chi connectivity index (χ3n) is 7.42. The quantitative estimate of drug-likeness (QED) is 0.330. The highest BCUT2D eigenvalue weighted by Gasteiger charge is 2.59. The van der Waals surface area contributed by atoms with Gasteiger partial charge in [-0.3, -0.25) is 4.79 Å². The minimum Gasteiger partial charge on any atom is -0.461 e. The van der Waals surface area contributed by atoms with E-state index in [9.17, 15) is 9.59 Å². The van der Waals surface area contributed by atoms with Crippen molar-refractivity contribution in [3.05, 3.63) is 46.6 Å². The summed E-state index contributed by atoms with van der Waals surface area (Å²) < 4.78 is 10.5. The van der Waals surface area contributed by atoms with Crippen molar-refractivity contribution in [2.24, 2.45) is 23.2 Å². The van der Waals surface area contributed by atoms with Crippen LogP contribution in [0.1, 0.15) is 73.1 Å². The molecule has 0 radical (unpaired) electrons. The molecule has 3 aliphatic rings. The Morgan fingerprint density at radius 1 is 1.23 bits per heavy atom. The molecule has 170 valence electrons. The highest BCUT2D eigenvalue weighted by molar-refractivity contribution is 5.85. The molecule has 2 aliphatic carbocycles. The monoisotopic (exact) mass is 426 g/mol. The summed E-state index contributed by atoms with van der Waals surface area (Å²) in [5, 5.41) is 0. The molecule has 31 heavy (non-hydrogen) atoms. The average Bonchev–Trinajstić information content (AvgIpc) is 3.10. The minimum atomic E-state index is -0.234. The summed E-state index contributed by atoms with van der Waals surface area (Å²) in [5.41, 5.74) is 5.36. The van der Waals surface area contributed by atoms with E-state index in [1.807, 2.05) is 0 Å². The van der Waals surface area contributed by atoms with Crippen LogP contribution in [0.4, 0.5) is 0 Å². The van der Waals surface area contributed by atoms with E-state index >= 15 is 0 Å². The zero-order chi connectivity index (χ0) is 22.6. The lowest BCUT2D eigenvalue weighted by molar-refractivity contribution is -0.140. The van der Waals surface area contributed by atoms with E-state index in [2.05, 4.69) is 45.9 Å². The lowest BCUT2D eigenvalue weighted by Gasteiger charge is -2.62. The van der Waals surface area contributed by atoms with Gasteiger partial charge in [0, 0.05) is 13.0 Å². The largest absolute Gasteiger partial charge is 0.461 e. The van der Waals surface area contributed by atoms with Gasteiger partial charge in [0.2, 0.25) is 0 Å². The number of esters is 2. The first-order chi connectivity index (χ1) is 14.7. The van der Waals surface area contributed by atoms with E-state index in [4.69, 9.17) is 9.47 Å². The van der Waals surface area contributed by atoms with Crippen LogP contribution in [0.25, 0.3) is 0 Å². The SMILES string of the molecule is CC(=O)OCC1=C[C@H]2[C@@H](CC1)[C@](C)(CC/C=C(\C)CCC=C(C)C)[C@@H]2C1=CC(=O)OC1. The summed E-state index contributed by atoms with van der Waals surface area (Å²) in [7, 11) is 0. The van der Waals surface area contributed by atoms with Gasteiger partial charge in [0.05, 0.1) is 0 Å². The van der Waals surface area contributed by atoms with Crippen LogP contribution < -0.4 is 0 Å². The predicted molar refractivity (Wildman–Crippen MR) is 123 cm³/mol. The first kappa shape index (κ1) is 23.6. The Morgan fingerprint density at radius 3 is 2.65 bits per heavy atom. The number of rotatable bonds is 9. The molecule has 1 fully saturated rings. The van der Waals surface area contributed by atoms with Crippen molar-refractivity contribution < 1.29 is 19.1 Å². The summed E-state index contributed by atoms with van der Waals surface area (Å²) >= 11 is 0. The highest BCUT2D eigenvalue weighted by atomic mass is 16.5. The van der Waals surface area contributed by atoms with Crippen LogP contribution in [0.5, 0.6) is 0 Å². The molecule has 1 saturated carbocycles. The molecule has 4 atom stereocenters. The summed E-state index contributed by atoms with van der Waals surface area (Å²) in [6.45, 7) is 11.2. The second-order valence-electron chi connectivity index (χ2n) is 10.0. The number of hydrogen-bond donors (Lipinski definition) is 0.